The Bertz CT molecular complexity index is 948. The third kappa shape index (κ3) is 4.45. The molecule has 1 amide bonds. The summed E-state index contributed by atoms with van der Waals surface area (Å²) in [4.78, 5) is 13.7. The van der Waals surface area contributed by atoms with E-state index in [1.807, 2.05) is 31.2 Å². The molecule has 0 N–H and O–H groups in total. The first-order valence-electron chi connectivity index (χ1n) is 8.46. The van der Waals surface area contributed by atoms with Gasteiger partial charge in [-0.2, -0.15) is 13.2 Å². The third-order valence-corrected chi connectivity index (χ3v) is 4.28. The molecular weight excluding hydrogens is 357 g/mol. The highest BCUT2D eigenvalue weighted by Crippen LogP contribution is 2.20. The Kier molecular flexibility index (Phi) is 5.16. The summed E-state index contributed by atoms with van der Waals surface area (Å²) in [5.41, 5.74) is 2.29. The predicted molar refractivity (Wildman–Crippen MR) is 94.6 cm³/mol. The topological polar surface area (TPSA) is 50.5 Å². The number of nitrogens with zero attached hydrogens (tertiary/aromatic N) is 4. The van der Waals surface area contributed by atoms with E-state index in [-0.39, 0.29) is 17.8 Å². The van der Waals surface area contributed by atoms with Gasteiger partial charge in [0.15, 0.2) is 5.65 Å². The average molecular weight is 376 g/mol. The van der Waals surface area contributed by atoms with E-state index in [4.69, 9.17) is 0 Å². The van der Waals surface area contributed by atoms with E-state index >= 15 is 0 Å². The van der Waals surface area contributed by atoms with Gasteiger partial charge >= 0.3 is 6.18 Å². The van der Waals surface area contributed by atoms with Crippen molar-refractivity contribution in [3.8, 4) is 0 Å². The van der Waals surface area contributed by atoms with E-state index in [1.54, 1.807) is 23.6 Å². The number of halogens is 3. The molecule has 5 nitrogen and oxygen atoms in total. The number of aromatic nitrogens is 3. The number of alkyl halides is 3. The summed E-state index contributed by atoms with van der Waals surface area (Å²) in [6.07, 6.45) is -2.49. The number of pyridine rings is 1. The number of carbonyl (C=O) groups is 1. The standard InChI is InChI=1S/C19H19F3N4O/c1-13-5-7-15(8-6-13)9-11-25(12-19(20,21)22)18(27)16-4-3-10-26-14(2)23-24-17(16)26/h3-8,10H,9,11-12H2,1-2H3. The molecule has 0 aliphatic carbocycles. The van der Waals surface area contributed by atoms with Crippen molar-refractivity contribution >= 4 is 11.6 Å². The molecule has 0 spiro atoms. The minimum atomic E-state index is -4.49. The predicted octanol–water partition coefficient (Wildman–Crippen LogP) is 3.59. The fourth-order valence-electron chi connectivity index (χ4n) is 2.86. The fourth-order valence-corrected chi connectivity index (χ4v) is 2.86. The molecule has 3 aromatic rings. The van der Waals surface area contributed by atoms with Crippen molar-refractivity contribution in [2.45, 2.75) is 26.4 Å². The van der Waals surface area contributed by atoms with E-state index in [1.165, 1.54) is 6.07 Å². The van der Waals surface area contributed by atoms with Gasteiger partial charge in [-0.1, -0.05) is 29.8 Å². The Morgan fingerprint density at radius 3 is 2.48 bits per heavy atom. The van der Waals surface area contributed by atoms with Gasteiger partial charge < -0.3 is 4.90 Å². The van der Waals surface area contributed by atoms with Gasteiger partial charge in [0.2, 0.25) is 0 Å². The van der Waals surface area contributed by atoms with Crippen LogP contribution in [0, 0.1) is 13.8 Å². The lowest BCUT2D eigenvalue weighted by Gasteiger charge is -2.24. The van der Waals surface area contributed by atoms with Gasteiger partial charge in [-0.15, -0.1) is 10.2 Å². The molecule has 2 aromatic heterocycles. The maximum atomic E-state index is 13.1. The van der Waals surface area contributed by atoms with Crippen LogP contribution < -0.4 is 0 Å². The Morgan fingerprint density at radius 2 is 1.81 bits per heavy atom. The van der Waals surface area contributed by atoms with Gasteiger partial charge in [0, 0.05) is 12.7 Å². The number of fused-ring (bicyclic) bond motifs is 1. The van der Waals surface area contributed by atoms with Crippen molar-refractivity contribution in [1.29, 1.82) is 0 Å². The molecule has 0 saturated carbocycles. The van der Waals surface area contributed by atoms with E-state index in [9.17, 15) is 18.0 Å². The average Bonchev–Trinajstić information content (AvgIpc) is 3.00. The van der Waals surface area contributed by atoms with E-state index in [0.717, 1.165) is 16.0 Å². The quantitative estimate of drug-likeness (QED) is 0.684. The number of rotatable bonds is 5. The second-order valence-electron chi connectivity index (χ2n) is 6.44. The molecule has 0 aliphatic rings. The minimum Gasteiger partial charge on any atom is -0.329 e. The van der Waals surface area contributed by atoms with Crippen molar-refractivity contribution in [2.24, 2.45) is 0 Å². The first-order chi connectivity index (χ1) is 12.7. The second kappa shape index (κ2) is 7.38. The minimum absolute atomic E-state index is 0.0461. The van der Waals surface area contributed by atoms with Crippen LogP contribution >= 0.6 is 0 Å². The SMILES string of the molecule is Cc1ccc(CCN(CC(F)(F)F)C(=O)c2cccn3c(C)nnc23)cc1. The van der Waals surface area contributed by atoms with Crippen LogP contribution in [0.1, 0.15) is 27.3 Å². The largest absolute Gasteiger partial charge is 0.406 e. The van der Waals surface area contributed by atoms with Crippen LogP contribution in [-0.4, -0.2) is 44.7 Å². The number of carbonyl (C=O) groups excluding carboxylic acids is 1. The van der Waals surface area contributed by atoms with E-state index in [0.29, 0.717) is 12.2 Å². The van der Waals surface area contributed by atoms with Gasteiger partial charge in [-0.3, -0.25) is 9.20 Å². The molecule has 0 radical (unpaired) electrons. The molecule has 3 rings (SSSR count). The van der Waals surface area contributed by atoms with Crippen LogP contribution in [0.25, 0.3) is 5.65 Å². The van der Waals surface area contributed by atoms with Crippen LogP contribution in [0.15, 0.2) is 42.6 Å². The maximum Gasteiger partial charge on any atom is 0.406 e. The molecule has 0 unspecified atom stereocenters. The van der Waals surface area contributed by atoms with Crippen LogP contribution in [0.3, 0.4) is 0 Å². The van der Waals surface area contributed by atoms with Gasteiger partial charge in [0.05, 0.1) is 5.56 Å². The summed E-state index contributed by atoms with van der Waals surface area (Å²) < 4.78 is 40.7. The highest BCUT2D eigenvalue weighted by atomic mass is 19.4. The zero-order valence-corrected chi connectivity index (χ0v) is 15.0. The summed E-state index contributed by atoms with van der Waals surface area (Å²) in [7, 11) is 0. The zero-order valence-electron chi connectivity index (χ0n) is 15.0. The lowest BCUT2D eigenvalue weighted by Crippen LogP contribution is -2.40. The summed E-state index contributed by atoms with van der Waals surface area (Å²) in [5, 5.41) is 7.82. The number of amides is 1. The number of benzene rings is 1. The number of hydrogen-bond acceptors (Lipinski definition) is 3. The zero-order chi connectivity index (χ0) is 19.6. The van der Waals surface area contributed by atoms with Crippen molar-refractivity contribution < 1.29 is 18.0 Å². The van der Waals surface area contributed by atoms with E-state index < -0.39 is 18.6 Å². The Hall–Kier alpha value is -2.90. The highest BCUT2D eigenvalue weighted by Gasteiger charge is 2.34. The number of aryl methyl sites for hydroxylation is 2. The second-order valence-corrected chi connectivity index (χ2v) is 6.44. The van der Waals surface area contributed by atoms with Crippen LogP contribution in [0.2, 0.25) is 0 Å². The lowest BCUT2D eigenvalue weighted by atomic mass is 10.1. The Labute approximate surface area is 154 Å². The molecule has 0 atom stereocenters. The smallest absolute Gasteiger partial charge is 0.329 e. The fraction of sp³-hybridized carbons (Fsp3) is 0.316. The first-order valence-corrected chi connectivity index (χ1v) is 8.46. The monoisotopic (exact) mass is 376 g/mol. The number of hydrogen-bond donors (Lipinski definition) is 0. The molecule has 0 saturated heterocycles. The summed E-state index contributed by atoms with van der Waals surface area (Å²) in [6, 6.07) is 10.6. The molecule has 1 aromatic carbocycles. The normalized spacial score (nSPS) is 11.7. The molecule has 0 aliphatic heterocycles. The molecular formula is C19H19F3N4O. The summed E-state index contributed by atoms with van der Waals surface area (Å²) in [6.45, 7) is 2.28. The molecule has 2 heterocycles. The molecule has 0 fully saturated rings. The molecule has 8 heteroatoms. The van der Waals surface area contributed by atoms with Gasteiger partial charge in [0.25, 0.3) is 5.91 Å². The molecule has 0 bridgehead atoms. The Balaban J connectivity index is 1.87. The van der Waals surface area contributed by atoms with Gasteiger partial charge in [-0.25, -0.2) is 0 Å². The molecule has 142 valence electrons. The molecule has 27 heavy (non-hydrogen) atoms. The van der Waals surface area contributed by atoms with Crippen molar-refractivity contribution in [3.63, 3.8) is 0 Å². The summed E-state index contributed by atoms with van der Waals surface area (Å²) in [5.74, 6) is -0.154. The van der Waals surface area contributed by atoms with Crippen LogP contribution in [0.4, 0.5) is 13.2 Å². The van der Waals surface area contributed by atoms with Crippen molar-refractivity contribution in [1.82, 2.24) is 19.5 Å². The maximum absolute atomic E-state index is 13.1. The van der Waals surface area contributed by atoms with Crippen molar-refractivity contribution in [2.75, 3.05) is 13.1 Å². The summed E-state index contributed by atoms with van der Waals surface area (Å²) >= 11 is 0. The lowest BCUT2D eigenvalue weighted by molar-refractivity contribution is -0.140. The van der Waals surface area contributed by atoms with Crippen LogP contribution in [0.5, 0.6) is 0 Å². The van der Waals surface area contributed by atoms with Crippen molar-refractivity contribution in [3.05, 3.63) is 65.1 Å². The third-order valence-electron chi connectivity index (χ3n) is 4.28. The highest BCUT2D eigenvalue weighted by molar-refractivity contribution is 5.99. The van der Waals surface area contributed by atoms with Gasteiger partial charge in [0.1, 0.15) is 12.4 Å². The Morgan fingerprint density at radius 1 is 1.11 bits per heavy atom. The van der Waals surface area contributed by atoms with Gasteiger partial charge in [-0.05, 0) is 38.0 Å². The first kappa shape index (κ1) is 18.9. The van der Waals surface area contributed by atoms with E-state index in [2.05, 4.69) is 10.2 Å². The van der Waals surface area contributed by atoms with Crippen LogP contribution in [-0.2, 0) is 6.42 Å².